The number of aliphatic hydroxyl groups excluding tert-OH is 1. The lowest BCUT2D eigenvalue weighted by molar-refractivity contribution is 0.281. The van der Waals surface area contributed by atoms with Crippen LogP contribution in [0.2, 0.25) is 0 Å². The third-order valence-electron chi connectivity index (χ3n) is 3.28. The van der Waals surface area contributed by atoms with Crippen molar-refractivity contribution in [1.29, 1.82) is 0 Å². The van der Waals surface area contributed by atoms with Crippen LogP contribution in [0.1, 0.15) is 11.1 Å². The van der Waals surface area contributed by atoms with Gasteiger partial charge in [0.15, 0.2) is 0 Å². The van der Waals surface area contributed by atoms with Crippen LogP contribution in [0, 0.1) is 6.92 Å². The Hall–Kier alpha value is -2.46. The normalized spacial score (nSPS) is 10.7. The molecule has 0 atom stereocenters. The Labute approximate surface area is 117 Å². The average Bonchev–Trinajstić information content (AvgIpc) is 2.97. The third kappa shape index (κ3) is 2.21. The monoisotopic (exact) mass is 265 g/mol. The summed E-state index contributed by atoms with van der Waals surface area (Å²) in [4.78, 5) is 0. The largest absolute Gasteiger partial charge is 0.392 e. The zero-order valence-corrected chi connectivity index (χ0v) is 11.2. The van der Waals surface area contributed by atoms with Gasteiger partial charge in [-0.25, -0.2) is 4.68 Å². The summed E-state index contributed by atoms with van der Waals surface area (Å²) in [5.74, 6) is 0. The predicted octanol–water partition coefficient (Wildman–Crippen LogP) is 2.74. The predicted molar refractivity (Wildman–Crippen MR) is 77.5 cm³/mol. The van der Waals surface area contributed by atoms with E-state index in [9.17, 15) is 5.11 Å². The van der Waals surface area contributed by atoms with Gasteiger partial charge in [0.25, 0.3) is 0 Å². The molecular formula is C16H15N3O. The Morgan fingerprint density at radius 3 is 2.60 bits per heavy atom. The number of nitrogens with zero attached hydrogens (tertiary/aromatic N) is 3. The van der Waals surface area contributed by atoms with Crippen LogP contribution < -0.4 is 0 Å². The molecule has 4 nitrogen and oxygen atoms in total. The van der Waals surface area contributed by atoms with Gasteiger partial charge in [-0.1, -0.05) is 53.7 Å². The second kappa shape index (κ2) is 5.27. The average molecular weight is 265 g/mol. The number of aryl methyl sites for hydroxylation is 1. The molecule has 4 heteroatoms. The maximum Gasteiger partial charge on any atom is 0.113 e. The fourth-order valence-corrected chi connectivity index (χ4v) is 2.29. The number of benzene rings is 2. The van der Waals surface area contributed by atoms with Gasteiger partial charge in [0.1, 0.15) is 5.69 Å². The van der Waals surface area contributed by atoms with Crippen LogP contribution in [0.15, 0.2) is 54.7 Å². The SMILES string of the molecule is Cc1cccc(CO)c1-n1cc(-c2ccccc2)nn1. The number of para-hydroxylation sites is 1. The first kappa shape index (κ1) is 12.6. The highest BCUT2D eigenvalue weighted by Crippen LogP contribution is 2.21. The van der Waals surface area contributed by atoms with E-state index in [4.69, 9.17) is 0 Å². The molecule has 0 aliphatic carbocycles. The van der Waals surface area contributed by atoms with E-state index in [1.54, 1.807) is 4.68 Å². The van der Waals surface area contributed by atoms with E-state index < -0.39 is 0 Å². The first-order valence-electron chi connectivity index (χ1n) is 6.47. The molecule has 1 aromatic heterocycles. The van der Waals surface area contributed by atoms with Gasteiger partial charge in [-0.2, -0.15) is 0 Å². The summed E-state index contributed by atoms with van der Waals surface area (Å²) in [6, 6.07) is 15.7. The van der Waals surface area contributed by atoms with Crippen molar-refractivity contribution in [2.75, 3.05) is 0 Å². The van der Waals surface area contributed by atoms with E-state index in [0.29, 0.717) is 0 Å². The molecule has 0 unspecified atom stereocenters. The van der Waals surface area contributed by atoms with Gasteiger partial charge in [0, 0.05) is 11.1 Å². The van der Waals surface area contributed by atoms with Gasteiger partial charge in [-0.05, 0) is 12.5 Å². The summed E-state index contributed by atoms with van der Waals surface area (Å²) in [5, 5.41) is 17.9. The highest BCUT2D eigenvalue weighted by atomic mass is 16.3. The lowest BCUT2D eigenvalue weighted by atomic mass is 10.1. The summed E-state index contributed by atoms with van der Waals surface area (Å²) in [7, 11) is 0. The third-order valence-corrected chi connectivity index (χ3v) is 3.28. The number of hydrogen-bond donors (Lipinski definition) is 1. The minimum atomic E-state index is -0.0163. The van der Waals surface area contributed by atoms with E-state index in [1.807, 2.05) is 61.7 Å². The number of aliphatic hydroxyl groups is 1. The van der Waals surface area contributed by atoms with E-state index in [-0.39, 0.29) is 6.61 Å². The van der Waals surface area contributed by atoms with E-state index in [1.165, 1.54) is 0 Å². The minimum absolute atomic E-state index is 0.0163. The molecule has 0 aliphatic heterocycles. The Bertz CT molecular complexity index is 720. The second-order valence-corrected chi connectivity index (χ2v) is 4.66. The molecule has 100 valence electrons. The molecule has 2 aromatic carbocycles. The maximum atomic E-state index is 9.47. The van der Waals surface area contributed by atoms with Crippen LogP contribution in [0.4, 0.5) is 0 Å². The van der Waals surface area contributed by atoms with Gasteiger partial charge in [-0.3, -0.25) is 0 Å². The number of rotatable bonds is 3. The Morgan fingerprint density at radius 2 is 1.85 bits per heavy atom. The van der Waals surface area contributed by atoms with E-state index in [2.05, 4.69) is 10.3 Å². The molecule has 0 bridgehead atoms. The van der Waals surface area contributed by atoms with E-state index in [0.717, 1.165) is 28.1 Å². The minimum Gasteiger partial charge on any atom is -0.392 e. The molecule has 0 fully saturated rings. The van der Waals surface area contributed by atoms with Crippen molar-refractivity contribution in [1.82, 2.24) is 15.0 Å². The second-order valence-electron chi connectivity index (χ2n) is 4.66. The highest BCUT2D eigenvalue weighted by molar-refractivity contribution is 5.58. The van der Waals surface area contributed by atoms with Gasteiger partial charge in [0.2, 0.25) is 0 Å². The summed E-state index contributed by atoms with van der Waals surface area (Å²) in [5.41, 5.74) is 4.64. The van der Waals surface area contributed by atoms with Crippen molar-refractivity contribution in [2.24, 2.45) is 0 Å². The van der Waals surface area contributed by atoms with Gasteiger partial charge >= 0.3 is 0 Å². The summed E-state index contributed by atoms with van der Waals surface area (Å²) < 4.78 is 1.73. The molecular weight excluding hydrogens is 250 g/mol. The maximum absolute atomic E-state index is 9.47. The molecule has 0 radical (unpaired) electrons. The molecule has 20 heavy (non-hydrogen) atoms. The fraction of sp³-hybridized carbons (Fsp3) is 0.125. The molecule has 0 amide bonds. The Morgan fingerprint density at radius 1 is 1.05 bits per heavy atom. The zero-order valence-electron chi connectivity index (χ0n) is 11.2. The summed E-state index contributed by atoms with van der Waals surface area (Å²) >= 11 is 0. The first-order chi connectivity index (χ1) is 9.79. The fourth-order valence-electron chi connectivity index (χ4n) is 2.29. The van der Waals surface area contributed by atoms with Crippen molar-refractivity contribution in [3.8, 4) is 16.9 Å². The van der Waals surface area contributed by atoms with Crippen molar-refractivity contribution >= 4 is 0 Å². The van der Waals surface area contributed by atoms with Gasteiger partial charge in [-0.15, -0.1) is 5.10 Å². The lowest BCUT2D eigenvalue weighted by Gasteiger charge is -2.09. The molecule has 3 aromatic rings. The molecule has 0 aliphatic rings. The Balaban J connectivity index is 2.07. The van der Waals surface area contributed by atoms with Crippen LogP contribution in [0.3, 0.4) is 0 Å². The topological polar surface area (TPSA) is 50.9 Å². The number of hydrogen-bond acceptors (Lipinski definition) is 3. The van der Waals surface area contributed by atoms with Crippen molar-refractivity contribution in [2.45, 2.75) is 13.5 Å². The van der Waals surface area contributed by atoms with E-state index >= 15 is 0 Å². The van der Waals surface area contributed by atoms with Crippen molar-refractivity contribution in [3.63, 3.8) is 0 Å². The quantitative estimate of drug-likeness (QED) is 0.792. The van der Waals surface area contributed by atoms with Crippen molar-refractivity contribution < 1.29 is 5.11 Å². The van der Waals surface area contributed by atoms with Crippen LogP contribution in [0.5, 0.6) is 0 Å². The van der Waals surface area contributed by atoms with Crippen LogP contribution in [-0.2, 0) is 6.61 Å². The highest BCUT2D eigenvalue weighted by Gasteiger charge is 2.10. The molecule has 1 N–H and O–H groups in total. The van der Waals surface area contributed by atoms with Crippen LogP contribution in [0.25, 0.3) is 16.9 Å². The smallest absolute Gasteiger partial charge is 0.113 e. The molecule has 1 heterocycles. The van der Waals surface area contributed by atoms with Crippen LogP contribution in [-0.4, -0.2) is 20.1 Å². The molecule has 0 spiro atoms. The van der Waals surface area contributed by atoms with Crippen LogP contribution >= 0.6 is 0 Å². The Kier molecular flexibility index (Phi) is 3.31. The summed E-state index contributed by atoms with van der Waals surface area (Å²) in [6.07, 6.45) is 1.89. The molecule has 3 rings (SSSR count). The van der Waals surface area contributed by atoms with Gasteiger partial charge in [0.05, 0.1) is 18.5 Å². The molecule has 0 saturated heterocycles. The lowest BCUT2D eigenvalue weighted by Crippen LogP contribution is -2.03. The summed E-state index contributed by atoms with van der Waals surface area (Å²) in [6.45, 7) is 1.98. The standard InChI is InChI=1S/C16H15N3O/c1-12-6-5-9-14(11-20)16(12)19-10-15(17-18-19)13-7-3-2-4-8-13/h2-10,20H,11H2,1H3. The zero-order chi connectivity index (χ0) is 13.9. The first-order valence-corrected chi connectivity index (χ1v) is 6.47. The molecule has 0 saturated carbocycles. The number of aromatic nitrogens is 3. The van der Waals surface area contributed by atoms with Gasteiger partial charge < -0.3 is 5.11 Å². The van der Waals surface area contributed by atoms with Crippen molar-refractivity contribution in [3.05, 3.63) is 65.9 Å².